The summed E-state index contributed by atoms with van der Waals surface area (Å²) in [5.41, 5.74) is 1.23. The molecule has 0 bridgehead atoms. The minimum Gasteiger partial charge on any atom is -0.384 e. The molecule has 0 radical (unpaired) electrons. The summed E-state index contributed by atoms with van der Waals surface area (Å²) in [5.74, 6) is 0.411. The van der Waals surface area contributed by atoms with E-state index in [0.717, 1.165) is 23.6 Å². The Labute approximate surface area is 121 Å². The van der Waals surface area contributed by atoms with Gasteiger partial charge in [-0.05, 0) is 35.9 Å². The molecule has 2 aromatic carbocycles. The van der Waals surface area contributed by atoms with Crippen molar-refractivity contribution in [2.24, 2.45) is 0 Å². The zero-order valence-corrected chi connectivity index (χ0v) is 12.6. The molecule has 0 fully saturated rings. The first kappa shape index (κ1) is 14.9. The third-order valence-corrected chi connectivity index (χ3v) is 3.74. The van der Waals surface area contributed by atoms with Crippen molar-refractivity contribution < 1.29 is 12.6 Å². The predicted octanol–water partition coefficient (Wildman–Crippen LogP) is 3.87. The summed E-state index contributed by atoms with van der Waals surface area (Å²) < 4.78 is 26.4. The van der Waals surface area contributed by atoms with Gasteiger partial charge in [0.2, 0.25) is 0 Å². The van der Waals surface area contributed by atoms with Crippen LogP contribution < -0.4 is 4.18 Å². The van der Waals surface area contributed by atoms with Gasteiger partial charge in [-0.3, -0.25) is 0 Å². The van der Waals surface area contributed by atoms with Crippen molar-refractivity contribution in [3.63, 3.8) is 0 Å². The highest BCUT2D eigenvalue weighted by atomic mass is 32.2. The lowest BCUT2D eigenvalue weighted by atomic mass is 10.0. The summed E-state index contributed by atoms with van der Waals surface area (Å²) in [7, 11) is -2.88. The molecular weight excluding hydrogens is 272 g/mol. The van der Waals surface area contributed by atoms with Crippen LogP contribution in [0, 0.1) is 0 Å². The highest BCUT2D eigenvalue weighted by Gasteiger charge is 2.04. The number of unbranched alkanes of at least 4 members (excludes halogenated alkanes) is 3. The SMILES string of the molecule is CCCCCCc1ccc2cccc(O[SH](=O)=O)c2c1. The Morgan fingerprint density at radius 3 is 2.65 bits per heavy atom. The number of fused-ring (bicyclic) bond motifs is 1. The van der Waals surface area contributed by atoms with E-state index in [-0.39, 0.29) is 0 Å². The molecule has 108 valence electrons. The molecule has 0 unspecified atom stereocenters. The summed E-state index contributed by atoms with van der Waals surface area (Å²) in [6.07, 6.45) is 5.91. The molecule has 0 aliphatic carbocycles. The normalized spacial score (nSPS) is 11.1. The molecule has 0 spiro atoms. The van der Waals surface area contributed by atoms with Crippen molar-refractivity contribution in [3.8, 4) is 5.75 Å². The van der Waals surface area contributed by atoms with Crippen molar-refractivity contribution in [1.82, 2.24) is 0 Å². The van der Waals surface area contributed by atoms with Crippen LogP contribution in [0.4, 0.5) is 0 Å². The van der Waals surface area contributed by atoms with Gasteiger partial charge < -0.3 is 4.18 Å². The maximum absolute atomic E-state index is 10.8. The topological polar surface area (TPSA) is 43.4 Å². The Morgan fingerprint density at radius 2 is 1.90 bits per heavy atom. The number of hydrogen-bond acceptors (Lipinski definition) is 3. The second kappa shape index (κ2) is 7.29. The molecule has 0 saturated heterocycles. The van der Waals surface area contributed by atoms with Crippen LogP contribution in [-0.4, -0.2) is 8.42 Å². The van der Waals surface area contributed by atoms with E-state index in [1.807, 2.05) is 18.2 Å². The smallest absolute Gasteiger partial charge is 0.299 e. The summed E-state index contributed by atoms with van der Waals surface area (Å²) in [4.78, 5) is 0. The van der Waals surface area contributed by atoms with Crippen molar-refractivity contribution in [1.29, 1.82) is 0 Å². The van der Waals surface area contributed by atoms with Gasteiger partial charge in [-0.15, -0.1) is 0 Å². The molecule has 0 heterocycles. The molecule has 3 nitrogen and oxygen atoms in total. The molecule has 0 atom stereocenters. The van der Waals surface area contributed by atoms with Gasteiger partial charge in [0.15, 0.2) is 0 Å². The fourth-order valence-corrected chi connectivity index (χ4v) is 2.68. The van der Waals surface area contributed by atoms with E-state index >= 15 is 0 Å². The molecule has 2 aromatic rings. The fourth-order valence-electron chi connectivity index (χ4n) is 2.36. The van der Waals surface area contributed by atoms with Crippen LogP contribution in [0.2, 0.25) is 0 Å². The second-order valence-corrected chi connectivity index (χ2v) is 5.57. The van der Waals surface area contributed by atoms with E-state index in [4.69, 9.17) is 4.18 Å². The summed E-state index contributed by atoms with van der Waals surface area (Å²) in [6.45, 7) is 2.20. The summed E-state index contributed by atoms with van der Waals surface area (Å²) in [6, 6.07) is 11.6. The number of thiol groups is 1. The van der Waals surface area contributed by atoms with Gasteiger partial charge in [0.05, 0.1) is 0 Å². The lowest BCUT2D eigenvalue weighted by Gasteiger charge is -2.07. The van der Waals surface area contributed by atoms with Crippen LogP contribution in [0.15, 0.2) is 36.4 Å². The molecule has 0 N–H and O–H groups in total. The van der Waals surface area contributed by atoms with Gasteiger partial charge >= 0.3 is 0 Å². The van der Waals surface area contributed by atoms with Crippen LogP contribution in [0.3, 0.4) is 0 Å². The molecule has 0 aliphatic heterocycles. The van der Waals surface area contributed by atoms with E-state index < -0.39 is 11.0 Å². The molecule has 4 heteroatoms. The highest BCUT2D eigenvalue weighted by Crippen LogP contribution is 2.27. The van der Waals surface area contributed by atoms with E-state index in [1.165, 1.54) is 24.8 Å². The van der Waals surface area contributed by atoms with Crippen LogP contribution in [0.1, 0.15) is 38.2 Å². The Hall–Kier alpha value is -1.55. The maximum Gasteiger partial charge on any atom is 0.299 e. The van der Waals surface area contributed by atoms with Gasteiger partial charge in [-0.1, -0.05) is 50.5 Å². The number of hydrogen-bond donors (Lipinski definition) is 1. The van der Waals surface area contributed by atoms with Gasteiger partial charge in [0.25, 0.3) is 11.0 Å². The van der Waals surface area contributed by atoms with E-state index in [0.29, 0.717) is 5.75 Å². The second-order valence-electron chi connectivity index (χ2n) is 4.94. The highest BCUT2D eigenvalue weighted by molar-refractivity contribution is 7.67. The van der Waals surface area contributed by atoms with E-state index in [2.05, 4.69) is 13.0 Å². The van der Waals surface area contributed by atoms with Gasteiger partial charge in [0, 0.05) is 5.39 Å². The molecule has 0 saturated carbocycles. The van der Waals surface area contributed by atoms with Crippen LogP contribution >= 0.6 is 0 Å². The fraction of sp³-hybridized carbons (Fsp3) is 0.375. The Morgan fingerprint density at radius 1 is 1.05 bits per heavy atom. The largest absolute Gasteiger partial charge is 0.384 e. The van der Waals surface area contributed by atoms with Crippen molar-refractivity contribution >= 4 is 21.8 Å². The molecule has 0 aromatic heterocycles. The Balaban J connectivity index is 2.22. The number of benzene rings is 2. The molecule has 20 heavy (non-hydrogen) atoms. The van der Waals surface area contributed by atoms with E-state index in [1.54, 1.807) is 12.1 Å². The first-order valence-corrected chi connectivity index (χ1v) is 8.14. The Kier molecular flexibility index (Phi) is 5.41. The molecule has 0 aliphatic rings. The van der Waals surface area contributed by atoms with Crippen LogP contribution in [0.25, 0.3) is 10.8 Å². The average Bonchev–Trinajstić information content (AvgIpc) is 2.43. The quantitative estimate of drug-likeness (QED) is 0.622. The van der Waals surface area contributed by atoms with Crippen LogP contribution in [0.5, 0.6) is 5.75 Å². The third kappa shape index (κ3) is 3.97. The van der Waals surface area contributed by atoms with Crippen LogP contribution in [-0.2, 0) is 17.4 Å². The molecule has 0 amide bonds. The van der Waals surface area contributed by atoms with Crippen molar-refractivity contribution in [2.45, 2.75) is 39.0 Å². The zero-order valence-electron chi connectivity index (χ0n) is 11.7. The molecular formula is C16H20O3S. The predicted molar refractivity (Wildman–Crippen MR) is 82.7 cm³/mol. The lowest BCUT2D eigenvalue weighted by molar-refractivity contribution is 0.513. The summed E-state index contributed by atoms with van der Waals surface area (Å²) >= 11 is 0. The summed E-state index contributed by atoms with van der Waals surface area (Å²) in [5, 5.41) is 1.86. The number of rotatable bonds is 7. The average molecular weight is 292 g/mol. The zero-order chi connectivity index (χ0) is 14.4. The van der Waals surface area contributed by atoms with Gasteiger partial charge in [0.1, 0.15) is 5.75 Å². The number of aryl methyl sites for hydroxylation is 1. The van der Waals surface area contributed by atoms with Gasteiger partial charge in [-0.25, -0.2) is 0 Å². The Bertz CT molecular complexity index is 639. The van der Waals surface area contributed by atoms with E-state index in [9.17, 15) is 8.42 Å². The maximum atomic E-state index is 10.8. The molecule has 2 rings (SSSR count). The lowest BCUT2D eigenvalue weighted by Crippen LogP contribution is -1.92. The third-order valence-electron chi connectivity index (χ3n) is 3.40. The first-order chi connectivity index (χ1) is 9.70. The van der Waals surface area contributed by atoms with Crippen molar-refractivity contribution in [2.75, 3.05) is 0 Å². The minimum atomic E-state index is -2.88. The standard InChI is InChI=1S/C16H20O3S/c1-2-3-4-5-7-13-10-11-14-8-6-9-16(15(14)12-13)19-20(17)18/h6,8-12,20H,2-5,7H2,1H3. The minimum absolute atomic E-state index is 0.411. The van der Waals surface area contributed by atoms with Crippen molar-refractivity contribution in [3.05, 3.63) is 42.0 Å². The monoisotopic (exact) mass is 292 g/mol. The first-order valence-electron chi connectivity index (χ1n) is 7.04. The van der Waals surface area contributed by atoms with Gasteiger partial charge in [-0.2, -0.15) is 8.42 Å².